The zero-order valence-corrected chi connectivity index (χ0v) is 18.6. The average Bonchev–Trinajstić information content (AvgIpc) is 3.02. The van der Waals surface area contributed by atoms with Crippen molar-refractivity contribution in [1.29, 1.82) is 0 Å². The SMILES string of the molecule is CCOC(=O)c1nc(Nc2ccc(C)c(Cl)c2)c2c(C)c(C)n(-c3ccccc3)c2n1. The van der Waals surface area contributed by atoms with E-state index < -0.39 is 5.97 Å². The molecule has 0 bridgehead atoms. The van der Waals surface area contributed by atoms with Crippen LogP contribution >= 0.6 is 11.6 Å². The average molecular weight is 435 g/mol. The van der Waals surface area contributed by atoms with Crippen LogP contribution in [-0.4, -0.2) is 27.1 Å². The summed E-state index contributed by atoms with van der Waals surface area (Å²) in [5.41, 5.74) is 5.39. The van der Waals surface area contributed by atoms with Gasteiger partial charge in [-0.15, -0.1) is 0 Å². The Labute approximate surface area is 185 Å². The molecule has 0 fully saturated rings. The molecular formula is C24H23ClN4O2. The highest BCUT2D eigenvalue weighted by Crippen LogP contribution is 2.34. The van der Waals surface area contributed by atoms with Crippen molar-refractivity contribution in [2.75, 3.05) is 11.9 Å². The molecular weight excluding hydrogens is 412 g/mol. The van der Waals surface area contributed by atoms with Gasteiger partial charge in [-0.2, -0.15) is 0 Å². The minimum atomic E-state index is -0.564. The molecule has 31 heavy (non-hydrogen) atoms. The molecule has 4 rings (SSSR count). The van der Waals surface area contributed by atoms with Crippen molar-refractivity contribution in [2.24, 2.45) is 0 Å². The first kappa shape index (κ1) is 20.9. The first-order valence-electron chi connectivity index (χ1n) is 10.1. The molecule has 0 aliphatic rings. The molecule has 0 saturated heterocycles. The van der Waals surface area contributed by atoms with Gasteiger partial charge in [-0.1, -0.05) is 35.9 Å². The third-order valence-electron chi connectivity index (χ3n) is 5.26. The van der Waals surface area contributed by atoms with Crippen molar-refractivity contribution in [1.82, 2.24) is 14.5 Å². The number of anilines is 2. The number of halogens is 1. The molecule has 0 spiro atoms. The topological polar surface area (TPSA) is 69.0 Å². The van der Waals surface area contributed by atoms with Gasteiger partial charge in [-0.05, 0) is 63.1 Å². The van der Waals surface area contributed by atoms with Gasteiger partial charge < -0.3 is 10.1 Å². The number of nitrogens with one attached hydrogen (secondary N) is 1. The third-order valence-corrected chi connectivity index (χ3v) is 5.67. The lowest BCUT2D eigenvalue weighted by Crippen LogP contribution is -2.12. The number of hydrogen-bond donors (Lipinski definition) is 1. The van der Waals surface area contributed by atoms with Crippen molar-refractivity contribution in [2.45, 2.75) is 27.7 Å². The molecule has 0 aliphatic carbocycles. The van der Waals surface area contributed by atoms with E-state index in [1.165, 1.54) is 0 Å². The summed E-state index contributed by atoms with van der Waals surface area (Å²) in [6, 6.07) is 15.6. The summed E-state index contributed by atoms with van der Waals surface area (Å²) in [5.74, 6) is -0.0292. The molecule has 2 aromatic heterocycles. The lowest BCUT2D eigenvalue weighted by Gasteiger charge is -2.12. The summed E-state index contributed by atoms with van der Waals surface area (Å²) < 4.78 is 7.21. The van der Waals surface area contributed by atoms with E-state index in [1.807, 2.05) is 73.9 Å². The lowest BCUT2D eigenvalue weighted by atomic mass is 10.2. The first-order valence-corrected chi connectivity index (χ1v) is 10.4. The van der Waals surface area contributed by atoms with E-state index in [9.17, 15) is 4.79 Å². The Morgan fingerprint density at radius 3 is 2.52 bits per heavy atom. The van der Waals surface area contributed by atoms with E-state index in [0.717, 1.165) is 33.6 Å². The zero-order valence-electron chi connectivity index (χ0n) is 17.9. The van der Waals surface area contributed by atoms with Crippen molar-refractivity contribution in [3.8, 4) is 5.69 Å². The van der Waals surface area contributed by atoms with Gasteiger partial charge in [0.2, 0.25) is 5.82 Å². The van der Waals surface area contributed by atoms with Crippen LogP contribution in [0.2, 0.25) is 5.02 Å². The van der Waals surface area contributed by atoms with Crippen LogP contribution in [0.15, 0.2) is 48.5 Å². The van der Waals surface area contributed by atoms with E-state index in [-0.39, 0.29) is 12.4 Å². The first-order chi connectivity index (χ1) is 14.9. The Morgan fingerprint density at radius 2 is 1.84 bits per heavy atom. The molecule has 0 aliphatic heterocycles. The smallest absolute Gasteiger partial charge is 0.376 e. The monoisotopic (exact) mass is 434 g/mol. The molecule has 0 atom stereocenters. The van der Waals surface area contributed by atoms with Crippen molar-refractivity contribution < 1.29 is 9.53 Å². The molecule has 158 valence electrons. The Kier molecular flexibility index (Phi) is 5.65. The number of esters is 1. The van der Waals surface area contributed by atoms with Gasteiger partial charge in [0.15, 0.2) is 5.65 Å². The highest BCUT2D eigenvalue weighted by molar-refractivity contribution is 6.31. The Morgan fingerprint density at radius 1 is 1.10 bits per heavy atom. The highest BCUT2D eigenvalue weighted by atomic mass is 35.5. The number of carbonyl (C=O) groups is 1. The molecule has 0 saturated carbocycles. The van der Waals surface area contributed by atoms with Crippen LogP contribution in [0, 0.1) is 20.8 Å². The van der Waals surface area contributed by atoms with E-state index in [4.69, 9.17) is 16.3 Å². The largest absolute Gasteiger partial charge is 0.460 e. The number of aromatic nitrogens is 3. The molecule has 2 aromatic carbocycles. The maximum Gasteiger partial charge on any atom is 0.376 e. The molecule has 1 N–H and O–H groups in total. The summed E-state index contributed by atoms with van der Waals surface area (Å²) in [4.78, 5) is 21.6. The molecule has 2 heterocycles. The Hall–Kier alpha value is -3.38. The van der Waals surface area contributed by atoms with Gasteiger partial charge in [0.25, 0.3) is 0 Å². The number of aryl methyl sites for hydroxylation is 2. The number of nitrogens with zero attached hydrogens (tertiary/aromatic N) is 3. The van der Waals surface area contributed by atoms with Crippen LogP contribution in [0.3, 0.4) is 0 Å². The van der Waals surface area contributed by atoms with E-state index in [0.29, 0.717) is 16.5 Å². The summed E-state index contributed by atoms with van der Waals surface area (Å²) in [7, 11) is 0. The normalized spacial score (nSPS) is 11.0. The van der Waals surface area contributed by atoms with E-state index >= 15 is 0 Å². The maximum atomic E-state index is 12.5. The van der Waals surface area contributed by atoms with Crippen LogP contribution in [0.25, 0.3) is 16.7 Å². The highest BCUT2D eigenvalue weighted by Gasteiger charge is 2.22. The summed E-state index contributed by atoms with van der Waals surface area (Å²) in [6.07, 6.45) is 0. The van der Waals surface area contributed by atoms with Gasteiger partial charge in [0, 0.05) is 22.1 Å². The van der Waals surface area contributed by atoms with Crippen molar-refractivity contribution >= 4 is 40.1 Å². The molecule has 0 amide bonds. The van der Waals surface area contributed by atoms with Crippen molar-refractivity contribution in [3.05, 3.63) is 76.2 Å². The molecule has 7 heteroatoms. The third kappa shape index (κ3) is 3.86. The molecule has 4 aromatic rings. The van der Waals surface area contributed by atoms with Gasteiger partial charge in [0.1, 0.15) is 5.82 Å². The van der Waals surface area contributed by atoms with E-state index in [1.54, 1.807) is 6.92 Å². The fourth-order valence-electron chi connectivity index (χ4n) is 3.54. The fourth-order valence-corrected chi connectivity index (χ4v) is 3.72. The Bertz CT molecular complexity index is 1280. The van der Waals surface area contributed by atoms with Crippen LogP contribution in [0.1, 0.15) is 34.4 Å². The summed E-state index contributed by atoms with van der Waals surface area (Å²) in [6.45, 7) is 8.00. The zero-order chi connectivity index (χ0) is 22.1. The fraction of sp³-hybridized carbons (Fsp3) is 0.208. The number of rotatable bonds is 5. The van der Waals surface area contributed by atoms with Gasteiger partial charge >= 0.3 is 5.97 Å². The Balaban J connectivity index is 1.97. The number of carbonyl (C=O) groups excluding carboxylic acids is 1. The molecule has 6 nitrogen and oxygen atoms in total. The summed E-state index contributed by atoms with van der Waals surface area (Å²) >= 11 is 6.31. The van der Waals surface area contributed by atoms with Crippen LogP contribution in [-0.2, 0) is 4.74 Å². The number of ether oxygens (including phenoxy) is 1. The number of para-hydroxylation sites is 1. The predicted octanol–water partition coefficient (Wildman–Crippen LogP) is 5.92. The number of benzene rings is 2. The predicted molar refractivity (Wildman–Crippen MR) is 124 cm³/mol. The van der Waals surface area contributed by atoms with Crippen molar-refractivity contribution in [3.63, 3.8) is 0 Å². The number of fused-ring (bicyclic) bond motifs is 1. The molecule has 0 unspecified atom stereocenters. The quantitative estimate of drug-likeness (QED) is 0.395. The standard InChI is InChI=1S/C24H23ClN4O2/c1-5-31-24(30)22-27-21(26-17-12-11-14(2)19(25)13-17)20-15(3)16(4)29(23(20)28-22)18-9-7-6-8-10-18/h6-13H,5H2,1-4H3,(H,26,27,28). The minimum absolute atomic E-state index is 0.00439. The second-order valence-corrected chi connectivity index (χ2v) is 7.69. The van der Waals surface area contributed by atoms with Crippen LogP contribution < -0.4 is 5.32 Å². The summed E-state index contributed by atoms with van der Waals surface area (Å²) in [5, 5.41) is 4.82. The van der Waals surface area contributed by atoms with Crippen LogP contribution in [0.4, 0.5) is 11.5 Å². The van der Waals surface area contributed by atoms with Gasteiger partial charge in [0.05, 0.1) is 12.0 Å². The van der Waals surface area contributed by atoms with E-state index in [2.05, 4.69) is 15.3 Å². The van der Waals surface area contributed by atoms with Gasteiger partial charge in [-0.3, -0.25) is 4.57 Å². The van der Waals surface area contributed by atoms with Crippen LogP contribution in [0.5, 0.6) is 0 Å². The number of hydrogen-bond acceptors (Lipinski definition) is 5. The maximum absolute atomic E-state index is 12.5. The lowest BCUT2D eigenvalue weighted by molar-refractivity contribution is 0.0512. The minimum Gasteiger partial charge on any atom is -0.460 e. The second kappa shape index (κ2) is 8.40. The van der Waals surface area contributed by atoms with Gasteiger partial charge in [-0.25, -0.2) is 14.8 Å². The second-order valence-electron chi connectivity index (χ2n) is 7.29. The molecule has 0 radical (unpaired) electrons.